The molecule has 180 valence electrons. The summed E-state index contributed by atoms with van der Waals surface area (Å²) in [4.78, 5) is 31.1. The van der Waals surface area contributed by atoms with Crippen LogP contribution in [-0.2, 0) is 6.54 Å². The van der Waals surface area contributed by atoms with E-state index in [1.165, 1.54) is 10.1 Å². The molecule has 2 aromatic carbocycles. The van der Waals surface area contributed by atoms with Crippen molar-refractivity contribution < 1.29 is 9.47 Å². The molecule has 2 aliphatic rings. The molecule has 0 unspecified atom stereocenters. The van der Waals surface area contributed by atoms with Crippen LogP contribution in [0.5, 0.6) is 11.5 Å². The molecule has 35 heavy (non-hydrogen) atoms. The highest BCUT2D eigenvalue weighted by molar-refractivity contribution is 6.03. The molecule has 0 bridgehead atoms. The van der Waals surface area contributed by atoms with Gasteiger partial charge in [0.2, 0.25) is 0 Å². The van der Waals surface area contributed by atoms with Crippen LogP contribution in [0.3, 0.4) is 0 Å². The van der Waals surface area contributed by atoms with Gasteiger partial charge in [-0.15, -0.1) is 0 Å². The molecule has 2 aromatic heterocycles. The Morgan fingerprint density at radius 1 is 1.06 bits per heavy atom. The maximum Gasteiger partial charge on any atom is 0.328 e. The van der Waals surface area contributed by atoms with E-state index in [0.29, 0.717) is 29.3 Å². The van der Waals surface area contributed by atoms with E-state index in [1.807, 2.05) is 24.3 Å². The van der Waals surface area contributed by atoms with Crippen LogP contribution in [0, 0.1) is 5.92 Å². The summed E-state index contributed by atoms with van der Waals surface area (Å²) in [5.74, 6) is 2.68. The molecule has 1 fully saturated rings. The zero-order valence-electron chi connectivity index (χ0n) is 19.6. The van der Waals surface area contributed by atoms with Crippen molar-refractivity contribution in [1.29, 1.82) is 0 Å². The van der Waals surface area contributed by atoms with E-state index in [4.69, 9.17) is 9.47 Å². The molecule has 6 rings (SSSR count). The van der Waals surface area contributed by atoms with Crippen LogP contribution in [0.25, 0.3) is 21.7 Å². The maximum absolute atomic E-state index is 13.1. The molecule has 2 aliphatic heterocycles. The fraction of sp³-hybridized carbons (Fsp3) is 0.385. The molecule has 9 heteroatoms. The average Bonchev–Trinajstić information content (AvgIpc) is 3.31. The predicted molar refractivity (Wildman–Crippen MR) is 132 cm³/mol. The molecule has 0 spiro atoms. The number of rotatable bonds is 6. The normalized spacial score (nSPS) is 19.5. The number of aromatic amines is 1. The topological polar surface area (TPSA) is 102 Å². The molecule has 0 amide bonds. The van der Waals surface area contributed by atoms with Crippen molar-refractivity contribution in [3.63, 3.8) is 0 Å². The maximum atomic E-state index is 13.1. The monoisotopic (exact) mass is 473 g/mol. The van der Waals surface area contributed by atoms with Crippen LogP contribution < -0.4 is 20.7 Å². The standard InChI is InChI=1S/C26H27N5O4/c1-34-21-5-4-6-22-23(21)20-14-30(13-17(20)15-35-22)9-2-3-10-31-25(32)18-8-7-16-11-27-28-12-19(16)24(18)29-26(31)33/h4-8,11-12,17,20H,2-3,9-10,13-15H2,1H3,(H,29,33)/t17-,20-/m1/s1. The number of likely N-dealkylation sites (tertiary alicyclic amines) is 1. The number of benzene rings is 2. The predicted octanol–water partition coefficient (Wildman–Crippen LogP) is 2.53. The van der Waals surface area contributed by atoms with Crippen LogP contribution in [0.2, 0.25) is 0 Å². The largest absolute Gasteiger partial charge is 0.496 e. The van der Waals surface area contributed by atoms with Crippen LogP contribution in [0.15, 0.2) is 52.3 Å². The van der Waals surface area contributed by atoms with Gasteiger partial charge in [-0.05, 0) is 37.6 Å². The van der Waals surface area contributed by atoms with Gasteiger partial charge in [-0.2, -0.15) is 10.2 Å². The molecule has 9 nitrogen and oxygen atoms in total. The Balaban J connectivity index is 1.13. The van der Waals surface area contributed by atoms with E-state index in [9.17, 15) is 9.59 Å². The third-order valence-electron chi connectivity index (χ3n) is 7.37. The summed E-state index contributed by atoms with van der Waals surface area (Å²) in [6, 6.07) is 9.57. The second-order valence-corrected chi connectivity index (χ2v) is 9.38. The third-order valence-corrected chi connectivity index (χ3v) is 7.37. The minimum Gasteiger partial charge on any atom is -0.496 e. The van der Waals surface area contributed by atoms with Gasteiger partial charge in [0, 0.05) is 47.8 Å². The molecule has 4 aromatic rings. The number of nitrogens with one attached hydrogen (secondary N) is 1. The number of nitrogens with zero attached hydrogens (tertiary/aromatic N) is 4. The van der Waals surface area contributed by atoms with E-state index in [-0.39, 0.29) is 11.2 Å². The quantitative estimate of drug-likeness (QED) is 0.339. The van der Waals surface area contributed by atoms with Crippen molar-refractivity contribution in [2.45, 2.75) is 25.3 Å². The second kappa shape index (κ2) is 8.81. The van der Waals surface area contributed by atoms with Crippen LogP contribution in [0.4, 0.5) is 0 Å². The van der Waals surface area contributed by atoms with Gasteiger partial charge >= 0.3 is 5.69 Å². The molecule has 2 atom stereocenters. The number of H-pyrrole nitrogens is 1. The highest BCUT2D eigenvalue weighted by Crippen LogP contribution is 2.46. The Morgan fingerprint density at radius 2 is 1.91 bits per heavy atom. The van der Waals surface area contributed by atoms with Crippen LogP contribution in [-0.4, -0.2) is 58.0 Å². The summed E-state index contributed by atoms with van der Waals surface area (Å²) in [7, 11) is 1.71. The van der Waals surface area contributed by atoms with Crippen molar-refractivity contribution in [3.8, 4) is 11.5 Å². The first-order valence-electron chi connectivity index (χ1n) is 12.0. The lowest BCUT2D eigenvalue weighted by Crippen LogP contribution is -2.35. The van der Waals surface area contributed by atoms with E-state index >= 15 is 0 Å². The molecule has 0 aliphatic carbocycles. The van der Waals surface area contributed by atoms with Gasteiger partial charge in [0.05, 0.1) is 37.0 Å². The zero-order valence-corrected chi connectivity index (χ0v) is 19.6. The number of ether oxygens (including phenoxy) is 2. The SMILES string of the molecule is COc1cccc2c1[C@@H]1CN(CCCCn3c(=O)[nH]c4c(ccc5cnncc54)c3=O)C[C@@H]1CO2. The molecule has 1 N–H and O–H groups in total. The Kier molecular flexibility index (Phi) is 5.49. The fourth-order valence-corrected chi connectivity index (χ4v) is 5.64. The van der Waals surface area contributed by atoms with Gasteiger partial charge in [-0.3, -0.25) is 9.36 Å². The van der Waals surface area contributed by atoms with Gasteiger partial charge in [-0.25, -0.2) is 4.79 Å². The summed E-state index contributed by atoms with van der Waals surface area (Å²) >= 11 is 0. The van der Waals surface area contributed by atoms with Gasteiger partial charge in [0.25, 0.3) is 5.56 Å². The summed E-state index contributed by atoms with van der Waals surface area (Å²) in [6.45, 7) is 3.98. The first kappa shape index (κ1) is 21.8. The molecular weight excluding hydrogens is 446 g/mol. The van der Waals surface area contributed by atoms with Crippen molar-refractivity contribution in [2.24, 2.45) is 5.92 Å². The summed E-state index contributed by atoms with van der Waals surface area (Å²) in [6.07, 6.45) is 4.84. The number of hydrogen-bond donors (Lipinski definition) is 1. The Hall–Kier alpha value is -3.72. The van der Waals surface area contributed by atoms with Gasteiger partial charge < -0.3 is 19.4 Å². The number of methoxy groups -OCH3 is 1. The zero-order chi connectivity index (χ0) is 23.9. The lowest BCUT2D eigenvalue weighted by atomic mass is 9.86. The van der Waals surface area contributed by atoms with E-state index in [2.05, 4.69) is 20.1 Å². The number of hydrogen-bond acceptors (Lipinski definition) is 7. The molecule has 1 saturated heterocycles. The van der Waals surface area contributed by atoms with Crippen LogP contribution in [0.1, 0.15) is 24.3 Å². The van der Waals surface area contributed by atoms with Gasteiger partial charge in [0.1, 0.15) is 11.5 Å². The lowest BCUT2D eigenvalue weighted by Gasteiger charge is -2.29. The Labute approximate surface area is 201 Å². The molecular formula is C26H27N5O4. The van der Waals surface area contributed by atoms with Crippen molar-refractivity contribution in [2.75, 3.05) is 33.4 Å². The first-order valence-corrected chi connectivity index (χ1v) is 12.0. The van der Waals surface area contributed by atoms with Crippen molar-refractivity contribution >= 4 is 21.7 Å². The minimum absolute atomic E-state index is 0.268. The minimum atomic E-state index is -0.389. The highest BCUT2D eigenvalue weighted by Gasteiger charge is 2.40. The fourth-order valence-electron chi connectivity index (χ4n) is 5.64. The number of aromatic nitrogens is 4. The summed E-state index contributed by atoms with van der Waals surface area (Å²) in [5.41, 5.74) is 1.04. The lowest BCUT2D eigenvalue weighted by molar-refractivity contribution is 0.209. The molecule has 0 radical (unpaired) electrons. The van der Waals surface area contributed by atoms with E-state index < -0.39 is 0 Å². The Bertz CT molecular complexity index is 1510. The molecule has 4 heterocycles. The number of unbranched alkanes of at least 4 members (excludes halogenated alkanes) is 1. The van der Waals surface area contributed by atoms with Gasteiger partial charge in [-0.1, -0.05) is 12.1 Å². The summed E-state index contributed by atoms with van der Waals surface area (Å²) < 4.78 is 12.9. The second-order valence-electron chi connectivity index (χ2n) is 9.38. The van der Waals surface area contributed by atoms with Gasteiger partial charge in [0.15, 0.2) is 0 Å². The first-order chi connectivity index (χ1) is 17.1. The highest BCUT2D eigenvalue weighted by atomic mass is 16.5. The van der Waals surface area contributed by atoms with E-state index in [1.54, 1.807) is 25.6 Å². The Morgan fingerprint density at radius 3 is 2.80 bits per heavy atom. The third kappa shape index (κ3) is 3.76. The smallest absolute Gasteiger partial charge is 0.328 e. The van der Waals surface area contributed by atoms with E-state index in [0.717, 1.165) is 61.4 Å². The van der Waals surface area contributed by atoms with Crippen molar-refractivity contribution in [3.05, 3.63) is 69.1 Å². The van der Waals surface area contributed by atoms with Crippen LogP contribution >= 0.6 is 0 Å². The summed E-state index contributed by atoms with van der Waals surface area (Å²) in [5, 5.41) is 9.79. The molecule has 0 saturated carbocycles. The van der Waals surface area contributed by atoms with Crippen molar-refractivity contribution in [1.82, 2.24) is 24.6 Å². The average molecular weight is 474 g/mol. The number of fused-ring (bicyclic) bond motifs is 6.